The molecule has 1 aromatic carbocycles. The van der Waals surface area contributed by atoms with Crippen molar-refractivity contribution in [1.82, 2.24) is 20.9 Å². The van der Waals surface area contributed by atoms with E-state index in [4.69, 9.17) is 23.8 Å². The molecule has 1 aliphatic rings. The van der Waals surface area contributed by atoms with Gasteiger partial charge < -0.3 is 38.3 Å². The molecule has 0 unspecified atom stereocenters. The predicted molar refractivity (Wildman–Crippen MR) is 261 cm³/mol. The van der Waals surface area contributed by atoms with Crippen LogP contribution in [0.3, 0.4) is 0 Å². The van der Waals surface area contributed by atoms with Gasteiger partial charge >= 0.3 is 6.17 Å². The van der Waals surface area contributed by atoms with Crippen molar-refractivity contribution in [3.8, 4) is 5.75 Å². The van der Waals surface area contributed by atoms with E-state index in [2.05, 4.69) is 20.8 Å². The van der Waals surface area contributed by atoms with Gasteiger partial charge in [-0.2, -0.15) is 0 Å². The van der Waals surface area contributed by atoms with Crippen LogP contribution in [-0.4, -0.2) is 101 Å². The van der Waals surface area contributed by atoms with E-state index in [9.17, 15) is 43.5 Å². The second kappa shape index (κ2) is 35.0. The van der Waals surface area contributed by atoms with Crippen LogP contribution in [0.15, 0.2) is 24.3 Å². The van der Waals surface area contributed by atoms with E-state index in [1.54, 1.807) is 17.0 Å². The molecule has 0 saturated carbocycles. The first-order valence-electron chi connectivity index (χ1n) is 25.3. The zero-order valence-electron chi connectivity index (χ0n) is 40.7. The monoisotopic (exact) mass is 951 g/mol. The maximum Gasteiger partial charge on any atom is 0.300 e. The minimum atomic E-state index is -1.13. The van der Waals surface area contributed by atoms with Gasteiger partial charge in [0.1, 0.15) is 11.5 Å². The minimum absolute atomic E-state index is 0.0424. The summed E-state index contributed by atoms with van der Waals surface area (Å²) in [6.45, 7) is 10.3. The van der Waals surface area contributed by atoms with Crippen molar-refractivity contribution < 1.29 is 43.5 Å². The molecular formula is C51H82N8O9. The number of phenolic OH excluding ortho intramolecular Hbond substituents is 1. The molecule has 17 heteroatoms. The molecule has 380 valence electrons. The van der Waals surface area contributed by atoms with E-state index < -0.39 is 53.6 Å². The summed E-state index contributed by atoms with van der Waals surface area (Å²) in [5.41, 5.74) is 18.0. The second-order valence-corrected chi connectivity index (χ2v) is 18.5. The largest absolute Gasteiger partial charge is 0.508 e. The van der Waals surface area contributed by atoms with Crippen molar-refractivity contribution in [1.29, 1.82) is 0 Å². The highest BCUT2D eigenvalue weighted by Gasteiger charge is 2.35. The van der Waals surface area contributed by atoms with Crippen molar-refractivity contribution in [2.45, 2.75) is 205 Å². The highest BCUT2D eigenvalue weighted by Crippen LogP contribution is 2.20. The molecule has 17 nitrogen and oxygen atoms in total. The summed E-state index contributed by atoms with van der Waals surface area (Å²) in [7, 11) is 0. The van der Waals surface area contributed by atoms with E-state index in [0.717, 1.165) is 108 Å². The molecular weight excluding hydrogens is 869 g/mol. The van der Waals surface area contributed by atoms with E-state index in [1.807, 2.05) is 0 Å². The Bertz CT molecular complexity index is 1770. The van der Waals surface area contributed by atoms with Crippen LogP contribution in [0.25, 0.3) is 4.85 Å². The number of ketones is 3. The number of nitrogens with one attached hydrogen (secondary N) is 3. The van der Waals surface area contributed by atoms with Gasteiger partial charge in [0.25, 0.3) is 5.91 Å². The van der Waals surface area contributed by atoms with Crippen molar-refractivity contribution >= 4 is 46.9 Å². The summed E-state index contributed by atoms with van der Waals surface area (Å²) < 4.78 is 0. The lowest BCUT2D eigenvalue weighted by Crippen LogP contribution is -2.48. The van der Waals surface area contributed by atoms with Gasteiger partial charge in [-0.05, 0) is 82.4 Å². The number of benzene rings is 1. The number of amides is 5. The number of unbranched alkanes of at least 4 members (excludes halogenated alkanes) is 14. The lowest BCUT2D eigenvalue weighted by molar-refractivity contribution is -0.140. The number of carbonyl (C=O) groups is 8. The summed E-state index contributed by atoms with van der Waals surface area (Å²) in [6.07, 6.45) is 19.8. The van der Waals surface area contributed by atoms with Crippen LogP contribution in [0.2, 0.25) is 0 Å². The van der Waals surface area contributed by atoms with Gasteiger partial charge in [-0.1, -0.05) is 89.2 Å². The first-order valence-corrected chi connectivity index (χ1v) is 25.3. The van der Waals surface area contributed by atoms with Gasteiger partial charge in [-0.3, -0.25) is 48.1 Å². The van der Waals surface area contributed by atoms with Crippen LogP contribution in [0.4, 0.5) is 0 Å². The second-order valence-electron chi connectivity index (χ2n) is 18.5. The molecule has 1 aromatic rings. The Labute approximate surface area is 404 Å². The summed E-state index contributed by atoms with van der Waals surface area (Å²) in [4.78, 5) is 104. The van der Waals surface area contributed by atoms with E-state index in [-0.39, 0.29) is 55.6 Å². The topological polar surface area (TPSA) is 279 Å². The van der Waals surface area contributed by atoms with Gasteiger partial charge in [-0.15, -0.1) is 0 Å². The highest BCUT2D eigenvalue weighted by molar-refractivity contribution is 6.36. The average Bonchev–Trinajstić information content (AvgIpc) is 3.80. The average molecular weight is 951 g/mol. The van der Waals surface area contributed by atoms with Crippen LogP contribution < -0.4 is 33.2 Å². The quantitative estimate of drug-likeness (QED) is 0.0250. The van der Waals surface area contributed by atoms with Crippen molar-refractivity contribution in [3.05, 3.63) is 41.2 Å². The van der Waals surface area contributed by atoms with E-state index in [1.165, 1.54) is 19.1 Å². The Kier molecular flexibility index (Phi) is 30.3. The van der Waals surface area contributed by atoms with Crippen molar-refractivity contribution in [2.24, 2.45) is 23.1 Å². The van der Waals surface area contributed by atoms with E-state index >= 15 is 0 Å². The normalized spacial score (nSPS) is 15.1. The van der Waals surface area contributed by atoms with Crippen LogP contribution in [-0.2, 0) is 44.8 Å². The fourth-order valence-corrected chi connectivity index (χ4v) is 8.36. The lowest BCUT2D eigenvalue weighted by atomic mass is 9.90. The first kappa shape index (κ1) is 58.9. The molecule has 1 fully saturated rings. The van der Waals surface area contributed by atoms with Gasteiger partial charge in [-0.25, -0.2) is 6.57 Å². The minimum Gasteiger partial charge on any atom is -0.508 e. The molecule has 10 N–H and O–H groups in total. The number of hydrogen-bond acceptors (Lipinski definition) is 11. The van der Waals surface area contributed by atoms with Gasteiger partial charge in [0.15, 0.2) is 5.78 Å². The fraction of sp³-hybridized carbons (Fsp3) is 0.706. The third-order valence-electron chi connectivity index (χ3n) is 12.7. The number of nitrogens with zero attached hydrogens (tertiary/aromatic N) is 2. The Morgan fingerprint density at radius 1 is 0.706 bits per heavy atom. The molecule has 1 heterocycles. The number of phenols is 1. The van der Waals surface area contributed by atoms with Crippen molar-refractivity contribution in [2.75, 3.05) is 19.6 Å². The lowest BCUT2D eigenvalue weighted by Gasteiger charge is -2.20. The summed E-state index contributed by atoms with van der Waals surface area (Å²) in [6, 6.07) is 3.63. The van der Waals surface area contributed by atoms with Gasteiger partial charge in [0, 0.05) is 64.1 Å². The zero-order chi connectivity index (χ0) is 50.1. The first-order chi connectivity index (χ1) is 32.6. The Morgan fingerprint density at radius 2 is 1.22 bits per heavy atom. The molecule has 2 rings (SSSR count). The number of rotatable bonds is 39. The third kappa shape index (κ3) is 25.8. The standard InChI is InChI=1S/C51H82N8O9/c1-37(58-50(67)43(53)35-38-26-28-41(61)29-27-38)44(62)36-39(48(65)49(54)66)21-17-19-33-56-46(63)25-16-12-8-4-3-6-10-14-22-40(60)23-15-11-7-5-9-13-18-32-57-47(64)31-30-42(52)51(68)59-34-20-24-45(59)55-2/h26-29,37,39,42-43,45,61H,3-25,30-36,52-53H2,1H3,(H2,54,66)(H,56,63)(H,57,64)(H,58,67)/t37-,39-,42+,43+,45+/m1/s1. The third-order valence-corrected chi connectivity index (χ3v) is 12.7. The smallest absolute Gasteiger partial charge is 0.300 e. The molecule has 5 amide bonds. The molecule has 1 saturated heterocycles. The number of aromatic hydroxyl groups is 1. The maximum atomic E-state index is 12.9. The van der Waals surface area contributed by atoms with Crippen molar-refractivity contribution in [3.63, 3.8) is 0 Å². The molecule has 5 atom stereocenters. The SMILES string of the molecule is [C-]#[N+][C@@H]1CCCN1C(=O)[C@@H](N)CCC(=O)NCCCCCCCCCC(=O)CCCCCCCCCCC(=O)NCCCC[C@H](CC(=O)[C@@H](C)NC(=O)[C@@H](N)Cc1ccc(O)cc1)C(=O)C(N)=O. The Hall–Kier alpha value is -5.21. The van der Waals surface area contributed by atoms with Crippen LogP contribution in [0, 0.1) is 12.5 Å². The predicted octanol–water partition coefficient (Wildman–Crippen LogP) is 5.37. The number of primary amides is 1. The maximum absolute atomic E-state index is 12.9. The van der Waals surface area contributed by atoms with Crippen LogP contribution in [0.5, 0.6) is 5.75 Å². The van der Waals surface area contributed by atoms with Crippen LogP contribution >= 0.6 is 0 Å². The molecule has 0 spiro atoms. The Morgan fingerprint density at radius 3 is 1.78 bits per heavy atom. The summed E-state index contributed by atoms with van der Waals surface area (Å²) in [5.74, 6) is -3.82. The van der Waals surface area contributed by atoms with Gasteiger partial charge in [0.05, 0.1) is 18.1 Å². The summed E-state index contributed by atoms with van der Waals surface area (Å²) >= 11 is 0. The zero-order valence-corrected chi connectivity index (χ0v) is 40.7. The number of Topliss-reactive ketones (excluding diaryl/α,β-unsaturated/α-hetero) is 3. The molecule has 0 bridgehead atoms. The van der Waals surface area contributed by atoms with Crippen LogP contribution in [0.1, 0.15) is 179 Å². The number of carbonyl (C=O) groups excluding carboxylic acids is 8. The highest BCUT2D eigenvalue weighted by atomic mass is 16.3. The Balaban J connectivity index is 1.39. The van der Waals surface area contributed by atoms with Gasteiger partial charge in [0.2, 0.25) is 29.4 Å². The fourth-order valence-electron chi connectivity index (χ4n) is 8.36. The van der Waals surface area contributed by atoms with E-state index in [0.29, 0.717) is 63.9 Å². The number of nitrogens with two attached hydrogens (primary N) is 3. The molecule has 0 radical (unpaired) electrons. The molecule has 0 aliphatic carbocycles. The molecule has 1 aliphatic heterocycles. The summed E-state index contributed by atoms with van der Waals surface area (Å²) in [5, 5.41) is 17.8. The number of hydrogen-bond donors (Lipinski definition) is 7. The molecule has 68 heavy (non-hydrogen) atoms. The number of likely N-dealkylation sites (tertiary alicyclic amines) is 1. The molecule has 0 aromatic heterocycles.